The van der Waals surface area contributed by atoms with E-state index in [1.54, 1.807) is 13.8 Å². The average Bonchev–Trinajstić information content (AvgIpc) is 2.61. The molecule has 0 radical (unpaired) electrons. The van der Waals surface area contributed by atoms with Crippen LogP contribution >= 0.6 is 0 Å². The first-order valence-electron chi connectivity index (χ1n) is 5.67. The van der Waals surface area contributed by atoms with Crippen molar-refractivity contribution in [2.24, 2.45) is 0 Å². The highest BCUT2D eigenvalue weighted by Gasteiger charge is 2.23. The summed E-state index contributed by atoms with van der Waals surface area (Å²) >= 11 is 0. The molecular weight excluding hydrogens is 220 g/mol. The van der Waals surface area contributed by atoms with Crippen LogP contribution in [-0.2, 0) is 6.42 Å². The van der Waals surface area contributed by atoms with Crippen LogP contribution in [0.2, 0.25) is 0 Å². The van der Waals surface area contributed by atoms with Crippen LogP contribution in [-0.4, -0.2) is 33.4 Å². The molecule has 0 saturated heterocycles. The first-order chi connectivity index (χ1) is 7.91. The highest BCUT2D eigenvalue weighted by molar-refractivity contribution is 5.98. The minimum atomic E-state index is -0.687. The molecule has 0 spiro atoms. The van der Waals surface area contributed by atoms with Crippen molar-refractivity contribution in [3.05, 3.63) is 11.4 Å². The average molecular weight is 240 g/mol. The molecule has 0 aliphatic carbocycles. The van der Waals surface area contributed by atoms with Crippen LogP contribution in [0.15, 0.2) is 0 Å². The number of nitrogen functional groups attached to an aromatic ring is 1. The highest BCUT2D eigenvalue weighted by Crippen LogP contribution is 2.16. The number of aromatic amines is 1. The van der Waals surface area contributed by atoms with Gasteiger partial charge in [0.05, 0.1) is 23.5 Å². The van der Waals surface area contributed by atoms with Gasteiger partial charge in [-0.2, -0.15) is 5.10 Å². The van der Waals surface area contributed by atoms with Crippen molar-refractivity contribution in [1.82, 2.24) is 15.5 Å². The molecule has 0 aromatic carbocycles. The van der Waals surface area contributed by atoms with Crippen LogP contribution in [0.4, 0.5) is 5.69 Å². The number of rotatable bonds is 5. The number of amides is 1. The molecule has 1 aromatic heterocycles. The summed E-state index contributed by atoms with van der Waals surface area (Å²) in [6.07, 6.45) is 1.69. The lowest BCUT2D eigenvalue weighted by Gasteiger charge is -2.22. The third kappa shape index (κ3) is 3.20. The Balaban J connectivity index is 2.83. The van der Waals surface area contributed by atoms with E-state index in [2.05, 4.69) is 15.5 Å². The van der Waals surface area contributed by atoms with Crippen LogP contribution in [0.1, 0.15) is 43.4 Å². The predicted octanol–water partition coefficient (Wildman–Crippen LogP) is 0.445. The Morgan fingerprint density at radius 1 is 1.59 bits per heavy atom. The molecule has 0 bridgehead atoms. The summed E-state index contributed by atoms with van der Waals surface area (Å²) in [4.78, 5) is 11.9. The zero-order valence-corrected chi connectivity index (χ0v) is 10.5. The van der Waals surface area contributed by atoms with Gasteiger partial charge in [-0.3, -0.25) is 9.89 Å². The van der Waals surface area contributed by atoms with Gasteiger partial charge < -0.3 is 16.2 Å². The molecule has 17 heavy (non-hydrogen) atoms. The number of carbonyl (C=O) groups excluding carboxylic acids is 1. The van der Waals surface area contributed by atoms with Crippen LogP contribution in [0, 0.1) is 0 Å². The van der Waals surface area contributed by atoms with Gasteiger partial charge in [0.2, 0.25) is 0 Å². The van der Waals surface area contributed by atoms with Gasteiger partial charge in [-0.1, -0.05) is 13.3 Å². The van der Waals surface area contributed by atoms with Gasteiger partial charge in [-0.05, 0) is 20.3 Å². The van der Waals surface area contributed by atoms with Gasteiger partial charge in [0.1, 0.15) is 0 Å². The SMILES string of the molecule is CCCc1[nH]nc(C(=O)NC(C)(C)CO)c1N. The predicted molar refractivity (Wildman–Crippen MR) is 65.6 cm³/mol. The number of aliphatic hydroxyl groups excluding tert-OH is 1. The first-order valence-corrected chi connectivity index (χ1v) is 5.67. The number of anilines is 1. The van der Waals surface area contributed by atoms with Crippen LogP contribution in [0.5, 0.6) is 0 Å². The lowest BCUT2D eigenvalue weighted by Crippen LogP contribution is -2.46. The van der Waals surface area contributed by atoms with Crippen LogP contribution < -0.4 is 11.1 Å². The normalized spacial score (nSPS) is 11.5. The number of hydrogen-bond donors (Lipinski definition) is 4. The minimum absolute atomic E-state index is 0.148. The van der Waals surface area contributed by atoms with Gasteiger partial charge in [-0.15, -0.1) is 0 Å². The largest absolute Gasteiger partial charge is 0.395 e. The fourth-order valence-corrected chi connectivity index (χ4v) is 1.41. The number of H-pyrrole nitrogens is 1. The van der Waals surface area contributed by atoms with Crippen molar-refractivity contribution < 1.29 is 9.90 Å². The van der Waals surface area contributed by atoms with E-state index in [0.29, 0.717) is 5.69 Å². The van der Waals surface area contributed by atoms with Gasteiger partial charge in [0, 0.05) is 0 Å². The number of nitrogens with zero attached hydrogens (tertiary/aromatic N) is 1. The fourth-order valence-electron chi connectivity index (χ4n) is 1.41. The Hall–Kier alpha value is -1.56. The van der Waals surface area contributed by atoms with E-state index in [1.165, 1.54) is 0 Å². The molecule has 1 amide bonds. The van der Waals surface area contributed by atoms with Gasteiger partial charge in [0.25, 0.3) is 5.91 Å². The van der Waals surface area contributed by atoms with Crippen molar-refractivity contribution in [2.75, 3.05) is 12.3 Å². The Labute approximate surface area is 101 Å². The van der Waals surface area contributed by atoms with Gasteiger partial charge in [0.15, 0.2) is 5.69 Å². The summed E-state index contributed by atoms with van der Waals surface area (Å²) in [5.74, 6) is -0.375. The zero-order chi connectivity index (χ0) is 13.1. The molecule has 1 aromatic rings. The smallest absolute Gasteiger partial charge is 0.274 e. The maximum Gasteiger partial charge on any atom is 0.274 e. The Morgan fingerprint density at radius 2 is 2.24 bits per heavy atom. The molecule has 0 aliphatic rings. The van der Waals surface area contributed by atoms with Gasteiger partial charge in [-0.25, -0.2) is 0 Å². The summed E-state index contributed by atoms with van der Waals surface area (Å²) < 4.78 is 0. The Kier molecular flexibility index (Phi) is 4.11. The molecule has 1 rings (SSSR count). The van der Waals surface area contributed by atoms with E-state index in [0.717, 1.165) is 18.5 Å². The number of aromatic nitrogens is 2. The zero-order valence-electron chi connectivity index (χ0n) is 10.5. The van der Waals surface area contributed by atoms with Crippen LogP contribution in [0.25, 0.3) is 0 Å². The maximum absolute atomic E-state index is 11.9. The second-order valence-corrected chi connectivity index (χ2v) is 4.71. The third-order valence-electron chi connectivity index (χ3n) is 2.45. The lowest BCUT2D eigenvalue weighted by molar-refractivity contribution is 0.0865. The van der Waals surface area contributed by atoms with Crippen LogP contribution in [0.3, 0.4) is 0 Å². The quantitative estimate of drug-likeness (QED) is 0.599. The van der Waals surface area contributed by atoms with E-state index in [4.69, 9.17) is 10.8 Å². The van der Waals surface area contributed by atoms with Crippen molar-refractivity contribution in [1.29, 1.82) is 0 Å². The van der Waals surface area contributed by atoms with E-state index < -0.39 is 5.54 Å². The summed E-state index contributed by atoms with van der Waals surface area (Å²) in [7, 11) is 0. The summed E-state index contributed by atoms with van der Waals surface area (Å²) in [6.45, 7) is 5.32. The van der Waals surface area contributed by atoms with Gasteiger partial charge >= 0.3 is 0 Å². The molecule has 6 nitrogen and oxygen atoms in total. The molecule has 0 fully saturated rings. The summed E-state index contributed by atoms with van der Waals surface area (Å²) in [5.41, 5.74) is 6.50. The molecule has 6 heteroatoms. The first kappa shape index (κ1) is 13.5. The monoisotopic (exact) mass is 240 g/mol. The van der Waals surface area contributed by atoms with Crippen molar-refractivity contribution in [3.63, 3.8) is 0 Å². The highest BCUT2D eigenvalue weighted by atomic mass is 16.3. The Bertz CT molecular complexity index is 398. The lowest BCUT2D eigenvalue weighted by atomic mass is 10.1. The maximum atomic E-state index is 11.9. The molecule has 0 aliphatic heterocycles. The molecule has 5 N–H and O–H groups in total. The molecular formula is C11H20N4O2. The number of nitrogens with two attached hydrogens (primary N) is 1. The number of hydrogen-bond acceptors (Lipinski definition) is 4. The van der Waals surface area contributed by atoms with E-state index >= 15 is 0 Å². The number of nitrogens with one attached hydrogen (secondary N) is 2. The molecule has 1 heterocycles. The summed E-state index contributed by atoms with van der Waals surface area (Å²) in [5, 5.41) is 18.4. The topological polar surface area (TPSA) is 104 Å². The summed E-state index contributed by atoms with van der Waals surface area (Å²) in [6, 6.07) is 0. The minimum Gasteiger partial charge on any atom is -0.395 e. The Morgan fingerprint density at radius 3 is 2.76 bits per heavy atom. The number of carbonyl (C=O) groups is 1. The molecule has 0 saturated carbocycles. The fraction of sp³-hybridized carbons (Fsp3) is 0.636. The van der Waals surface area contributed by atoms with E-state index in [-0.39, 0.29) is 18.2 Å². The van der Waals surface area contributed by atoms with E-state index in [9.17, 15) is 4.79 Å². The number of aliphatic hydroxyl groups is 1. The van der Waals surface area contributed by atoms with Crippen molar-refractivity contribution in [2.45, 2.75) is 39.2 Å². The van der Waals surface area contributed by atoms with Crippen molar-refractivity contribution in [3.8, 4) is 0 Å². The molecule has 0 atom stereocenters. The standard InChI is InChI=1S/C11H20N4O2/c1-4-5-7-8(12)9(15-14-7)10(17)13-11(2,3)6-16/h16H,4-6,12H2,1-3H3,(H,13,17)(H,14,15). The third-order valence-corrected chi connectivity index (χ3v) is 2.45. The second kappa shape index (κ2) is 5.18. The molecule has 96 valence electrons. The van der Waals surface area contributed by atoms with Crippen molar-refractivity contribution >= 4 is 11.6 Å². The molecule has 0 unspecified atom stereocenters. The number of aryl methyl sites for hydroxylation is 1. The van der Waals surface area contributed by atoms with E-state index in [1.807, 2.05) is 6.92 Å². The second-order valence-electron chi connectivity index (χ2n) is 4.71.